The van der Waals surface area contributed by atoms with Crippen molar-refractivity contribution < 1.29 is 16.8 Å². The normalized spacial score (nSPS) is 17.2. The first-order chi connectivity index (χ1) is 12.2. The van der Waals surface area contributed by atoms with Crippen LogP contribution in [0, 0.1) is 5.41 Å². The molecule has 5 heterocycles. The summed E-state index contributed by atoms with van der Waals surface area (Å²) in [4.78, 5) is 11.3. The van der Waals surface area contributed by atoms with Crippen LogP contribution in [-0.2, 0) is 16.8 Å². The standard InChI is InChI=1S/C20H15N5.Co/c21-19-10-18-9-16-4-3-14(23-16)7-12-1-2-13(22-12)8-15-5-6-17(24-15)11-20(19)25-18;/h1-11,21,23-25H;. The number of aliphatic imine (C=N–C) groups is 1. The van der Waals surface area contributed by atoms with E-state index in [0.717, 1.165) is 44.9 Å². The van der Waals surface area contributed by atoms with Crippen LogP contribution in [0.4, 0.5) is 0 Å². The summed E-state index contributed by atoms with van der Waals surface area (Å²) in [6.45, 7) is 0. The van der Waals surface area contributed by atoms with E-state index in [2.05, 4.69) is 20.3 Å². The topological polar surface area (TPSA) is 79.8 Å². The average Bonchev–Trinajstić information content (AvgIpc) is 3.33. The molecule has 8 bridgehead atoms. The van der Waals surface area contributed by atoms with Crippen molar-refractivity contribution in [3.8, 4) is 0 Å². The summed E-state index contributed by atoms with van der Waals surface area (Å²) in [5, 5.41) is 13.4. The molecule has 26 heavy (non-hydrogen) atoms. The number of fused-ring (bicyclic) bond motifs is 7. The van der Waals surface area contributed by atoms with E-state index in [1.165, 1.54) is 0 Å². The van der Waals surface area contributed by atoms with E-state index >= 15 is 0 Å². The molecule has 0 aromatic carbocycles. The maximum absolute atomic E-state index is 8.16. The second-order valence-electron chi connectivity index (χ2n) is 6.16. The van der Waals surface area contributed by atoms with E-state index in [1.807, 2.05) is 66.8 Å². The minimum Gasteiger partial charge on any atom is -0.355 e. The van der Waals surface area contributed by atoms with E-state index in [0.29, 0.717) is 5.71 Å². The number of aromatic nitrogens is 2. The first-order valence-corrected chi connectivity index (χ1v) is 8.07. The van der Waals surface area contributed by atoms with Crippen molar-refractivity contribution in [2.75, 3.05) is 0 Å². The molecule has 0 atom stereocenters. The molecule has 2 aromatic rings. The van der Waals surface area contributed by atoms with Crippen LogP contribution in [-0.4, -0.2) is 21.4 Å². The molecule has 0 aliphatic carbocycles. The molecular weight excluding hydrogens is 369 g/mol. The van der Waals surface area contributed by atoms with Gasteiger partial charge in [-0.3, -0.25) is 5.41 Å². The Bertz CT molecular complexity index is 1180. The number of H-pyrrole nitrogens is 2. The van der Waals surface area contributed by atoms with Gasteiger partial charge in [0.05, 0.1) is 22.8 Å². The maximum Gasteiger partial charge on any atom is 0.0796 e. The van der Waals surface area contributed by atoms with Gasteiger partial charge in [-0.05, 0) is 66.8 Å². The zero-order chi connectivity index (χ0) is 16.8. The Hall–Kier alpha value is -3.09. The Kier molecular flexibility index (Phi) is 3.98. The molecule has 4 N–H and O–H groups in total. The summed E-state index contributed by atoms with van der Waals surface area (Å²) in [5.74, 6) is 0. The summed E-state index contributed by atoms with van der Waals surface area (Å²) >= 11 is 0. The Labute approximate surface area is 160 Å². The van der Waals surface area contributed by atoms with Gasteiger partial charge in [-0.15, -0.1) is 0 Å². The maximum atomic E-state index is 8.16. The molecule has 1 radical (unpaired) electrons. The molecule has 6 heteroatoms. The number of hydrogen-bond donors (Lipinski definition) is 4. The van der Waals surface area contributed by atoms with Crippen LogP contribution in [0.3, 0.4) is 0 Å². The predicted molar refractivity (Wildman–Crippen MR) is 101 cm³/mol. The van der Waals surface area contributed by atoms with Crippen LogP contribution in [0.5, 0.6) is 0 Å². The van der Waals surface area contributed by atoms with Crippen molar-refractivity contribution in [2.24, 2.45) is 4.99 Å². The smallest absolute Gasteiger partial charge is 0.0796 e. The SMILES string of the molecule is N=C1C=C2C=c3ccc([nH]3)=CC3=NC(=Cc4ccc([nH]4)C=C1N2)C=C3.[Co]. The van der Waals surface area contributed by atoms with Crippen molar-refractivity contribution in [3.63, 3.8) is 0 Å². The zero-order valence-corrected chi connectivity index (χ0v) is 14.7. The minimum absolute atomic E-state index is 0. The molecule has 5 rings (SSSR count). The van der Waals surface area contributed by atoms with Crippen molar-refractivity contribution >= 4 is 35.7 Å². The van der Waals surface area contributed by atoms with E-state index in [-0.39, 0.29) is 16.8 Å². The molecule has 3 aliphatic rings. The van der Waals surface area contributed by atoms with E-state index in [4.69, 9.17) is 5.41 Å². The molecule has 3 aliphatic heterocycles. The van der Waals surface area contributed by atoms with Gasteiger partial charge in [-0.1, -0.05) is 0 Å². The van der Waals surface area contributed by atoms with E-state index < -0.39 is 0 Å². The van der Waals surface area contributed by atoms with Gasteiger partial charge in [0.25, 0.3) is 0 Å². The van der Waals surface area contributed by atoms with Gasteiger partial charge in [-0.2, -0.15) is 0 Å². The Morgan fingerprint density at radius 3 is 2.38 bits per heavy atom. The molecule has 0 spiro atoms. The monoisotopic (exact) mass is 384 g/mol. The van der Waals surface area contributed by atoms with Crippen LogP contribution in [0.15, 0.2) is 64.6 Å². The van der Waals surface area contributed by atoms with Crippen molar-refractivity contribution in [3.05, 3.63) is 81.7 Å². The Morgan fingerprint density at radius 1 is 0.769 bits per heavy atom. The fourth-order valence-electron chi connectivity index (χ4n) is 3.08. The summed E-state index contributed by atoms with van der Waals surface area (Å²) in [6, 6.07) is 8.06. The van der Waals surface area contributed by atoms with Crippen molar-refractivity contribution in [2.45, 2.75) is 0 Å². The fourth-order valence-corrected chi connectivity index (χ4v) is 3.08. The predicted octanol–water partition coefficient (Wildman–Crippen LogP) is 1.81. The van der Waals surface area contributed by atoms with Gasteiger partial charge in [0, 0.05) is 44.6 Å². The summed E-state index contributed by atoms with van der Waals surface area (Å²) < 4.78 is 0. The van der Waals surface area contributed by atoms with Crippen LogP contribution < -0.4 is 16.0 Å². The Morgan fingerprint density at radius 2 is 1.54 bits per heavy atom. The zero-order valence-electron chi connectivity index (χ0n) is 13.6. The van der Waals surface area contributed by atoms with Crippen LogP contribution in [0.2, 0.25) is 0 Å². The second kappa shape index (κ2) is 6.33. The van der Waals surface area contributed by atoms with Gasteiger partial charge < -0.3 is 15.3 Å². The van der Waals surface area contributed by atoms with E-state index in [9.17, 15) is 0 Å². The number of nitrogens with zero attached hydrogens (tertiary/aromatic N) is 1. The number of nitrogens with one attached hydrogen (secondary N) is 4. The molecular formula is C20H15CoN5. The second-order valence-corrected chi connectivity index (χ2v) is 6.16. The third-order valence-electron chi connectivity index (χ3n) is 4.23. The third-order valence-corrected chi connectivity index (χ3v) is 4.23. The number of hydrogen-bond acceptors (Lipinski definition) is 3. The average molecular weight is 384 g/mol. The molecule has 0 fully saturated rings. The summed E-state index contributed by atoms with van der Waals surface area (Å²) in [6.07, 6.45) is 13.8. The Balaban J connectivity index is 0.00000168. The molecule has 0 unspecified atom stereocenters. The minimum atomic E-state index is 0. The van der Waals surface area contributed by atoms with Gasteiger partial charge in [0.15, 0.2) is 0 Å². The number of rotatable bonds is 0. The fraction of sp³-hybridized carbons (Fsp3) is 0. The summed E-state index contributed by atoms with van der Waals surface area (Å²) in [5.41, 5.74) is 5.89. The van der Waals surface area contributed by atoms with Gasteiger partial charge in [0.2, 0.25) is 0 Å². The number of aromatic amines is 2. The van der Waals surface area contributed by atoms with Gasteiger partial charge in [-0.25, -0.2) is 4.99 Å². The van der Waals surface area contributed by atoms with Crippen LogP contribution >= 0.6 is 0 Å². The van der Waals surface area contributed by atoms with Crippen molar-refractivity contribution in [1.29, 1.82) is 5.41 Å². The largest absolute Gasteiger partial charge is 0.355 e. The van der Waals surface area contributed by atoms with Crippen LogP contribution in [0.1, 0.15) is 11.4 Å². The third kappa shape index (κ3) is 3.07. The number of allylic oxidation sites excluding steroid dienone is 4. The molecule has 0 saturated carbocycles. The van der Waals surface area contributed by atoms with E-state index in [1.54, 1.807) is 0 Å². The molecule has 2 aromatic heterocycles. The first-order valence-electron chi connectivity index (χ1n) is 8.07. The van der Waals surface area contributed by atoms with Crippen molar-refractivity contribution in [1.82, 2.24) is 15.3 Å². The molecule has 0 saturated heterocycles. The summed E-state index contributed by atoms with van der Waals surface area (Å²) in [7, 11) is 0. The quantitative estimate of drug-likeness (QED) is 0.549. The molecule has 129 valence electrons. The molecule has 5 nitrogen and oxygen atoms in total. The van der Waals surface area contributed by atoms with Gasteiger partial charge in [0.1, 0.15) is 0 Å². The molecule has 0 amide bonds. The first kappa shape index (κ1) is 16.4. The van der Waals surface area contributed by atoms with Gasteiger partial charge >= 0.3 is 0 Å². The van der Waals surface area contributed by atoms with Crippen LogP contribution in [0.25, 0.3) is 24.3 Å².